The van der Waals surface area contributed by atoms with Gasteiger partial charge in [-0.15, -0.1) is 12.3 Å². The zero-order valence-corrected chi connectivity index (χ0v) is 9.97. The lowest BCUT2D eigenvalue weighted by molar-refractivity contribution is 0.811. The molecule has 0 atom stereocenters. The van der Waals surface area contributed by atoms with Crippen LogP contribution in [0.15, 0.2) is 37.1 Å². The molecule has 0 N–H and O–H groups in total. The molecule has 16 heavy (non-hydrogen) atoms. The van der Waals surface area contributed by atoms with E-state index in [9.17, 15) is 0 Å². The van der Waals surface area contributed by atoms with Crippen molar-refractivity contribution in [1.29, 1.82) is 0 Å². The molecular weight excluding hydrogens is 192 g/mol. The molecule has 0 aliphatic heterocycles. The Morgan fingerprint density at radius 1 is 1.38 bits per heavy atom. The monoisotopic (exact) mass is 210 g/mol. The molecule has 0 unspecified atom stereocenters. The summed E-state index contributed by atoms with van der Waals surface area (Å²) in [6.45, 7) is 9.84. The van der Waals surface area contributed by atoms with Crippen molar-refractivity contribution < 1.29 is 0 Å². The summed E-state index contributed by atoms with van der Waals surface area (Å²) in [5.41, 5.74) is 10.1. The number of benzene rings is 1. The highest BCUT2D eigenvalue weighted by Crippen LogP contribution is 2.33. The van der Waals surface area contributed by atoms with Crippen molar-refractivity contribution in [3.63, 3.8) is 0 Å². The van der Waals surface area contributed by atoms with Crippen LogP contribution in [-0.4, -0.2) is 0 Å². The topological polar surface area (TPSA) is 0 Å². The van der Waals surface area contributed by atoms with Crippen LogP contribution in [-0.2, 0) is 12.8 Å². The average molecular weight is 210 g/mol. The van der Waals surface area contributed by atoms with E-state index >= 15 is 0 Å². The molecule has 0 radical (unpaired) electrons. The average Bonchev–Trinajstić information content (AvgIpc) is 2.32. The van der Waals surface area contributed by atoms with Gasteiger partial charge in [0.15, 0.2) is 0 Å². The molecule has 0 amide bonds. The molecule has 82 valence electrons. The minimum Gasteiger partial charge on any atom is -0.125 e. The Balaban J connectivity index is 2.63. The van der Waals surface area contributed by atoms with Gasteiger partial charge in [-0.05, 0) is 54.9 Å². The zero-order valence-electron chi connectivity index (χ0n) is 9.97. The van der Waals surface area contributed by atoms with E-state index in [2.05, 4.69) is 37.9 Å². The molecule has 1 aliphatic carbocycles. The first-order valence-electron chi connectivity index (χ1n) is 5.89. The highest BCUT2D eigenvalue weighted by molar-refractivity contribution is 5.71. The molecule has 0 saturated heterocycles. The SMILES string of the molecule is C=C=C1CCCc2c1ccc(C)c2CC=C. The maximum absolute atomic E-state index is 3.85. The highest BCUT2D eigenvalue weighted by atomic mass is 14.2. The van der Waals surface area contributed by atoms with Crippen LogP contribution >= 0.6 is 0 Å². The molecule has 0 heterocycles. The van der Waals surface area contributed by atoms with E-state index in [-0.39, 0.29) is 0 Å². The van der Waals surface area contributed by atoms with Crippen LogP contribution in [0.25, 0.3) is 5.57 Å². The smallest absolute Gasteiger partial charge is 0.000879 e. The van der Waals surface area contributed by atoms with Crippen LogP contribution in [0.2, 0.25) is 0 Å². The lowest BCUT2D eigenvalue weighted by atomic mass is 9.82. The van der Waals surface area contributed by atoms with Gasteiger partial charge in [-0.3, -0.25) is 0 Å². The van der Waals surface area contributed by atoms with Crippen LogP contribution in [0.5, 0.6) is 0 Å². The van der Waals surface area contributed by atoms with Gasteiger partial charge in [0.1, 0.15) is 0 Å². The number of fused-ring (bicyclic) bond motifs is 1. The van der Waals surface area contributed by atoms with Gasteiger partial charge < -0.3 is 0 Å². The van der Waals surface area contributed by atoms with Gasteiger partial charge in [-0.25, -0.2) is 0 Å². The standard InChI is InChI=1S/C16H18/c1-4-7-14-12(3)10-11-15-13(5-2)8-6-9-16(14)15/h4,10-11H,1-2,6-9H2,3H3. The van der Waals surface area contributed by atoms with Crippen molar-refractivity contribution in [2.24, 2.45) is 0 Å². The summed E-state index contributed by atoms with van der Waals surface area (Å²) in [7, 11) is 0. The molecule has 0 aromatic heterocycles. The highest BCUT2D eigenvalue weighted by Gasteiger charge is 2.17. The van der Waals surface area contributed by atoms with E-state index in [1.807, 2.05) is 6.08 Å². The number of hydrogen-bond donors (Lipinski definition) is 0. The van der Waals surface area contributed by atoms with E-state index in [1.54, 1.807) is 0 Å². The first-order chi connectivity index (χ1) is 7.77. The molecule has 0 bridgehead atoms. The van der Waals surface area contributed by atoms with Crippen molar-refractivity contribution in [2.75, 3.05) is 0 Å². The lowest BCUT2D eigenvalue weighted by Gasteiger charge is -2.22. The predicted molar refractivity (Wildman–Crippen MR) is 70.6 cm³/mol. The lowest BCUT2D eigenvalue weighted by Crippen LogP contribution is -2.06. The zero-order chi connectivity index (χ0) is 11.5. The second kappa shape index (κ2) is 4.55. The molecule has 1 aromatic rings. The van der Waals surface area contributed by atoms with Gasteiger partial charge in [-0.2, -0.15) is 0 Å². The van der Waals surface area contributed by atoms with E-state index in [1.165, 1.54) is 40.7 Å². The first kappa shape index (κ1) is 11.0. The Morgan fingerprint density at radius 3 is 2.88 bits per heavy atom. The van der Waals surface area contributed by atoms with Crippen LogP contribution < -0.4 is 0 Å². The molecule has 0 heteroatoms. The fourth-order valence-electron chi connectivity index (χ4n) is 2.57. The quantitative estimate of drug-likeness (QED) is 0.506. The molecule has 0 saturated carbocycles. The molecule has 2 rings (SSSR count). The maximum Gasteiger partial charge on any atom is 0.000879 e. The van der Waals surface area contributed by atoms with Gasteiger partial charge in [0.25, 0.3) is 0 Å². The Labute approximate surface area is 98.0 Å². The van der Waals surface area contributed by atoms with Gasteiger partial charge in [-0.1, -0.05) is 24.8 Å². The van der Waals surface area contributed by atoms with Crippen molar-refractivity contribution in [3.05, 3.63) is 59.4 Å². The summed E-state index contributed by atoms with van der Waals surface area (Å²) in [6.07, 6.45) is 6.49. The fraction of sp³-hybridized carbons (Fsp3) is 0.312. The predicted octanol–water partition coefficient (Wildman–Crippen LogP) is 4.23. The normalized spacial score (nSPS) is 14.2. The Hall–Kier alpha value is -1.52. The minimum atomic E-state index is 0.972. The van der Waals surface area contributed by atoms with Crippen molar-refractivity contribution in [2.45, 2.75) is 32.6 Å². The minimum absolute atomic E-state index is 0.972. The third kappa shape index (κ3) is 1.77. The summed E-state index contributed by atoms with van der Waals surface area (Å²) in [5, 5.41) is 0. The largest absolute Gasteiger partial charge is 0.125 e. The van der Waals surface area contributed by atoms with Gasteiger partial charge >= 0.3 is 0 Å². The Bertz CT molecular complexity index is 471. The maximum atomic E-state index is 3.85. The van der Waals surface area contributed by atoms with Gasteiger partial charge in [0, 0.05) is 5.57 Å². The van der Waals surface area contributed by atoms with E-state index < -0.39 is 0 Å². The molecule has 0 fully saturated rings. The first-order valence-corrected chi connectivity index (χ1v) is 5.89. The summed E-state index contributed by atoms with van der Waals surface area (Å²) in [5.74, 6) is 0. The molecular formula is C16H18. The molecule has 0 spiro atoms. The molecule has 1 aromatic carbocycles. The third-order valence-electron chi connectivity index (χ3n) is 3.41. The number of rotatable bonds is 2. The van der Waals surface area contributed by atoms with Gasteiger partial charge in [0.05, 0.1) is 0 Å². The van der Waals surface area contributed by atoms with Crippen LogP contribution in [0, 0.1) is 6.92 Å². The van der Waals surface area contributed by atoms with E-state index in [0.29, 0.717) is 0 Å². The number of hydrogen-bond acceptors (Lipinski definition) is 0. The third-order valence-corrected chi connectivity index (χ3v) is 3.41. The van der Waals surface area contributed by atoms with E-state index in [0.717, 1.165) is 12.8 Å². The number of allylic oxidation sites excluding steroid dienone is 2. The molecule has 0 nitrogen and oxygen atoms in total. The van der Waals surface area contributed by atoms with Crippen molar-refractivity contribution in [3.8, 4) is 0 Å². The number of aryl methyl sites for hydroxylation is 1. The summed E-state index contributed by atoms with van der Waals surface area (Å²) < 4.78 is 0. The van der Waals surface area contributed by atoms with Crippen molar-refractivity contribution >= 4 is 5.57 Å². The van der Waals surface area contributed by atoms with Crippen molar-refractivity contribution in [1.82, 2.24) is 0 Å². The summed E-state index contributed by atoms with van der Waals surface area (Å²) in [4.78, 5) is 0. The second-order valence-electron chi connectivity index (χ2n) is 4.39. The van der Waals surface area contributed by atoms with Crippen LogP contribution in [0.1, 0.15) is 35.1 Å². The van der Waals surface area contributed by atoms with E-state index in [4.69, 9.17) is 0 Å². The summed E-state index contributed by atoms with van der Waals surface area (Å²) in [6, 6.07) is 4.43. The Morgan fingerprint density at radius 2 is 2.19 bits per heavy atom. The Kier molecular flexibility index (Phi) is 3.12. The fourth-order valence-corrected chi connectivity index (χ4v) is 2.57. The van der Waals surface area contributed by atoms with Crippen LogP contribution in [0.3, 0.4) is 0 Å². The molecule has 1 aliphatic rings. The summed E-state index contributed by atoms with van der Waals surface area (Å²) >= 11 is 0. The van der Waals surface area contributed by atoms with Crippen LogP contribution in [0.4, 0.5) is 0 Å². The second-order valence-corrected chi connectivity index (χ2v) is 4.39. The van der Waals surface area contributed by atoms with Gasteiger partial charge in [0.2, 0.25) is 0 Å².